The SMILES string of the molecule is Cc1c(F)ccc2[nH]c(-c3cncc(-c4ccnc(C#N)c4)c3N3CC[C@](C)(N)C3)nc12. The normalized spacial score (nSPS) is 18.3. The van der Waals surface area contributed by atoms with Crippen LogP contribution in [0.5, 0.6) is 0 Å². The molecule has 1 atom stereocenters. The molecular weight excluding hydrogens is 405 g/mol. The number of benzene rings is 1. The monoisotopic (exact) mass is 427 g/mol. The lowest BCUT2D eigenvalue weighted by Crippen LogP contribution is -2.39. The maximum absolute atomic E-state index is 14.1. The first kappa shape index (κ1) is 20.1. The number of H-pyrrole nitrogens is 1. The maximum Gasteiger partial charge on any atom is 0.142 e. The van der Waals surface area contributed by atoms with E-state index >= 15 is 0 Å². The van der Waals surface area contributed by atoms with Crippen molar-refractivity contribution in [2.45, 2.75) is 25.8 Å². The van der Waals surface area contributed by atoms with Crippen LogP contribution in [-0.2, 0) is 0 Å². The van der Waals surface area contributed by atoms with E-state index in [1.54, 1.807) is 37.6 Å². The zero-order valence-electron chi connectivity index (χ0n) is 17.9. The molecule has 0 saturated carbocycles. The van der Waals surface area contributed by atoms with Crippen LogP contribution in [0.4, 0.5) is 10.1 Å². The highest BCUT2D eigenvalue weighted by atomic mass is 19.1. The van der Waals surface area contributed by atoms with Crippen molar-refractivity contribution < 1.29 is 4.39 Å². The van der Waals surface area contributed by atoms with Crippen LogP contribution in [-0.4, -0.2) is 38.6 Å². The van der Waals surface area contributed by atoms with Crippen molar-refractivity contribution in [1.29, 1.82) is 5.26 Å². The van der Waals surface area contributed by atoms with Gasteiger partial charge in [-0.2, -0.15) is 5.26 Å². The van der Waals surface area contributed by atoms with Gasteiger partial charge < -0.3 is 15.6 Å². The number of nitriles is 1. The number of aryl methyl sites for hydroxylation is 1. The number of nitrogens with two attached hydrogens (primary N) is 1. The van der Waals surface area contributed by atoms with Crippen molar-refractivity contribution >= 4 is 16.7 Å². The second-order valence-electron chi connectivity index (χ2n) is 8.60. The lowest BCUT2D eigenvalue weighted by atomic mass is 10.0. The number of nitrogens with zero attached hydrogens (tertiary/aromatic N) is 5. The Balaban J connectivity index is 1.74. The fourth-order valence-corrected chi connectivity index (χ4v) is 4.33. The molecule has 1 aliphatic rings. The average Bonchev–Trinajstić information content (AvgIpc) is 3.39. The molecule has 4 heterocycles. The van der Waals surface area contributed by atoms with Gasteiger partial charge in [0.1, 0.15) is 23.4 Å². The summed E-state index contributed by atoms with van der Waals surface area (Å²) in [5.41, 5.74) is 11.8. The zero-order chi connectivity index (χ0) is 22.5. The highest BCUT2D eigenvalue weighted by Crippen LogP contribution is 2.41. The summed E-state index contributed by atoms with van der Waals surface area (Å²) < 4.78 is 14.1. The molecule has 5 rings (SSSR count). The number of hydrogen-bond acceptors (Lipinski definition) is 6. The number of rotatable bonds is 3. The maximum atomic E-state index is 14.1. The number of halogens is 1. The van der Waals surface area contributed by atoms with Crippen LogP contribution in [0, 0.1) is 24.1 Å². The van der Waals surface area contributed by atoms with E-state index in [4.69, 9.17) is 10.7 Å². The molecule has 7 nitrogen and oxygen atoms in total. The molecule has 4 aromatic rings. The molecule has 3 aromatic heterocycles. The highest BCUT2D eigenvalue weighted by molar-refractivity contribution is 5.91. The van der Waals surface area contributed by atoms with E-state index in [-0.39, 0.29) is 11.4 Å². The van der Waals surface area contributed by atoms with Crippen molar-refractivity contribution in [3.63, 3.8) is 0 Å². The number of hydrogen-bond donors (Lipinski definition) is 2. The predicted octanol–water partition coefficient (Wildman–Crippen LogP) is 3.93. The van der Waals surface area contributed by atoms with Crippen LogP contribution in [0.25, 0.3) is 33.5 Å². The summed E-state index contributed by atoms with van der Waals surface area (Å²) >= 11 is 0. The van der Waals surface area contributed by atoms with E-state index < -0.39 is 0 Å². The van der Waals surface area contributed by atoms with Crippen molar-refractivity contribution in [3.8, 4) is 28.6 Å². The van der Waals surface area contributed by atoms with Crippen molar-refractivity contribution in [2.24, 2.45) is 5.73 Å². The fraction of sp³-hybridized carbons (Fsp3) is 0.250. The van der Waals surface area contributed by atoms with Gasteiger partial charge in [0, 0.05) is 48.3 Å². The topological polar surface area (TPSA) is 108 Å². The third kappa shape index (κ3) is 3.37. The number of nitrogens with one attached hydrogen (secondary N) is 1. The number of anilines is 1. The van der Waals surface area contributed by atoms with Gasteiger partial charge >= 0.3 is 0 Å². The Bertz CT molecular complexity index is 1380. The molecule has 0 bridgehead atoms. The minimum absolute atomic E-state index is 0.290. The molecule has 1 aliphatic heterocycles. The first-order chi connectivity index (χ1) is 15.4. The van der Waals surface area contributed by atoms with Gasteiger partial charge in [0.15, 0.2) is 0 Å². The van der Waals surface area contributed by atoms with E-state index in [2.05, 4.69) is 25.9 Å². The molecule has 160 valence electrons. The number of imidazole rings is 1. The van der Waals surface area contributed by atoms with Crippen LogP contribution < -0.4 is 10.6 Å². The van der Waals surface area contributed by atoms with Gasteiger partial charge in [-0.3, -0.25) is 4.98 Å². The van der Waals surface area contributed by atoms with Gasteiger partial charge in [0.05, 0.1) is 22.3 Å². The number of fused-ring (bicyclic) bond motifs is 1. The van der Waals surface area contributed by atoms with Crippen molar-refractivity contribution in [1.82, 2.24) is 19.9 Å². The molecule has 0 aliphatic carbocycles. The van der Waals surface area contributed by atoms with E-state index in [1.165, 1.54) is 6.07 Å². The Morgan fingerprint density at radius 2 is 2.06 bits per heavy atom. The highest BCUT2D eigenvalue weighted by Gasteiger charge is 2.33. The van der Waals surface area contributed by atoms with Crippen LogP contribution >= 0.6 is 0 Å². The first-order valence-corrected chi connectivity index (χ1v) is 10.4. The van der Waals surface area contributed by atoms with Gasteiger partial charge in [0.2, 0.25) is 0 Å². The second kappa shape index (κ2) is 7.39. The summed E-state index contributed by atoms with van der Waals surface area (Å²) in [5.74, 6) is 0.320. The third-order valence-electron chi connectivity index (χ3n) is 6.02. The molecule has 0 radical (unpaired) electrons. The number of pyridine rings is 2. The van der Waals surface area contributed by atoms with Crippen LogP contribution in [0.2, 0.25) is 0 Å². The lowest BCUT2D eigenvalue weighted by Gasteiger charge is -2.26. The largest absolute Gasteiger partial charge is 0.368 e. The van der Waals surface area contributed by atoms with Crippen LogP contribution in [0.15, 0.2) is 42.9 Å². The predicted molar refractivity (Wildman–Crippen MR) is 121 cm³/mol. The van der Waals surface area contributed by atoms with Gasteiger partial charge in [-0.25, -0.2) is 14.4 Å². The zero-order valence-corrected chi connectivity index (χ0v) is 17.9. The summed E-state index contributed by atoms with van der Waals surface area (Å²) in [7, 11) is 0. The molecule has 3 N–H and O–H groups in total. The molecule has 0 amide bonds. The standard InChI is InChI=1S/C24H22FN7/c1-14-19(25)3-4-20-21(14)31-23(30-20)18-12-28-11-17(15-5-7-29-16(9-15)10-26)22(18)32-8-6-24(2,27)13-32/h3-5,7,9,11-12H,6,8,13,27H2,1-2H3,(H,30,31)/t24-/m0/s1. The molecule has 0 spiro atoms. The fourth-order valence-electron chi connectivity index (χ4n) is 4.33. The Morgan fingerprint density at radius 3 is 2.81 bits per heavy atom. The van der Waals surface area contributed by atoms with Gasteiger partial charge in [-0.15, -0.1) is 0 Å². The summed E-state index contributed by atoms with van der Waals surface area (Å²) in [6.07, 6.45) is 6.02. The lowest BCUT2D eigenvalue weighted by molar-refractivity contribution is 0.525. The van der Waals surface area contributed by atoms with Crippen LogP contribution in [0.3, 0.4) is 0 Å². The average molecular weight is 427 g/mol. The molecule has 0 unspecified atom stereocenters. The van der Waals surface area contributed by atoms with Crippen molar-refractivity contribution in [2.75, 3.05) is 18.0 Å². The number of aromatic amines is 1. The van der Waals surface area contributed by atoms with Crippen LogP contribution in [0.1, 0.15) is 24.6 Å². The molecule has 1 fully saturated rings. The van der Waals surface area contributed by atoms with Crippen molar-refractivity contribution in [3.05, 3.63) is 59.9 Å². The molecular formula is C24H22FN7. The third-order valence-corrected chi connectivity index (χ3v) is 6.02. The minimum Gasteiger partial charge on any atom is -0.368 e. The summed E-state index contributed by atoms with van der Waals surface area (Å²) in [6.45, 7) is 5.21. The molecule has 32 heavy (non-hydrogen) atoms. The van der Waals surface area contributed by atoms with E-state index in [1.807, 2.05) is 13.0 Å². The summed E-state index contributed by atoms with van der Waals surface area (Å²) in [4.78, 5) is 18.9. The second-order valence-corrected chi connectivity index (χ2v) is 8.60. The smallest absolute Gasteiger partial charge is 0.142 e. The Morgan fingerprint density at radius 1 is 1.25 bits per heavy atom. The van der Waals surface area contributed by atoms with E-state index in [9.17, 15) is 9.65 Å². The minimum atomic E-state index is -0.318. The Kier molecular flexibility index (Phi) is 4.64. The van der Waals surface area contributed by atoms with Gasteiger partial charge in [-0.1, -0.05) is 0 Å². The van der Waals surface area contributed by atoms with Gasteiger partial charge in [0.25, 0.3) is 0 Å². The Hall–Kier alpha value is -3.83. The number of aromatic nitrogens is 4. The quantitative estimate of drug-likeness (QED) is 0.513. The molecule has 8 heteroatoms. The molecule has 1 saturated heterocycles. The molecule has 1 aromatic carbocycles. The summed E-state index contributed by atoms with van der Waals surface area (Å²) in [5, 5.41) is 9.32. The Labute approximate surface area is 184 Å². The summed E-state index contributed by atoms with van der Waals surface area (Å²) in [6, 6.07) is 8.84. The van der Waals surface area contributed by atoms with E-state index in [0.29, 0.717) is 29.1 Å². The van der Waals surface area contributed by atoms with Gasteiger partial charge in [-0.05, 0) is 50.1 Å². The first-order valence-electron chi connectivity index (χ1n) is 10.4. The van der Waals surface area contributed by atoms with E-state index in [0.717, 1.165) is 40.9 Å².